The third-order valence-corrected chi connectivity index (χ3v) is 15.4. The molecule has 0 unspecified atom stereocenters. The lowest BCUT2D eigenvalue weighted by atomic mass is 10.1. The number of rotatable bonds is 12. The number of hydrogen-bond acceptors (Lipinski definition) is 12. The summed E-state index contributed by atoms with van der Waals surface area (Å²) in [5.74, 6) is 0. The molecule has 16 heteroatoms. The number of fused-ring (bicyclic) bond motifs is 4. The van der Waals surface area contributed by atoms with Crippen molar-refractivity contribution in [3.63, 3.8) is 0 Å². The highest BCUT2D eigenvalue weighted by Gasteiger charge is 2.14. The van der Waals surface area contributed by atoms with Gasteiger partial charge in [-0.3, -0.25) is 19.6 Å². The van der Waals surface area contributed by atoms with E-state index in [0.29, 0.717) is 106 Å². The zero-order chi connectivity index (χ0) is 54.5. The van der Waals surface area contributed by atoms with Crippen LogP contribution in [0.25, 0.3) is 43.6 Å². The van der Waals surface area contributed by atoms with Crippen molar-refractivity contribution in [2.45, 2.75) is 25.7 Å². The highest BCUT2D eigenvalue weighted by molar-refractivity contribution is 5.85. The molecular weight excluding hydrogens is 1010 g/mol. The second-order valence-electron chi connectivity index (χ2n) is 20.7. The van der Waals surface area contributed by atoms with Crippen LogP contribution in [0.3, 0.4) is 0 Å². The summed E-state index contributed by atoms with van der Waals surface area (Å²) in [6.07, 6.45) is 12.5. The van der Waals surface area contributed by atoms with Crippen molar-refractivity contribution in [3.05, 3.63) is 144 Å². The number of benzene rings is 4. The first-order valence-electron chi connectivity index (χ1n) is 29.4. The summed E-state index contributed by atoms with van der Waals surface area (Å²) in [4.78, 5) is 23.3. The smallest absolute Gasteiger partial charge is 0.0701 e. The summed E-state index contributed by atoms with van der Waals surface area (Å²) in [5.41, 5.74) is 10.2. The fourth-order valence-corrected chi connectivity index (χ4v) is 10.6. The molecule has 4 aromatic heterocycles. The number of hydrogen-bond donors (Lipinski definition) is 4. The number of aromatic nitrogens is 4. The first-order valence-corrected chi connectivity index (χ1v) is 29.4. The Hall–Kier alpha value is -5.44. The van der Waals surface area contributed by atoms with Gasteiger partial charge in [0.05, 0.1) is 106 Å². The molecule has 0 amide bonds. The molecule has 4 N–H and O–H groups in total. The fraction of sp³-hybridized carbons (Fsp3) is 0.500. The van der Waals surface area contributed by atoms with Gasteiger partial charge in [-0.15, -0.1) is 0 Å². The van der Waals surface area contributed by atoms with E-state index < -0.39 is 0 Å². The standard InChI is InChI=1S/2C32H44N4O4/c2*1-3-7-31-29(5-1)27(25-33-31)9-11-35-13-17-37-21-23-39-19-15-36(16-20-40-24-22-38-18-14-35)12-10-28-26-34-32-8-4-2-6-30(28)32/h2*1-8,25-26,33-34H,9-24H2. The molecule has 432 valence electrons. The molecule has 2 aliphatic heterocycles. The summed E-state index contributed by atoms with van der Waals surface area (Å²) >= 11 is 0. The molecule has 0 saturated carbocycles. The first kappa shape index (κ1) is 59.2. The van der Waals surface area contributed by atoms with Gasteiger partial charge in [0.15, 0.2) is 0 Å². The Balaban J connectivity index is 0.000000194. The molecule has 6 heterocycles. The summed E-state index contributed by atoms with van der Waals surface area (Å²) in [6, 6.07) is 34.0. The number of nitrogens with one attached hydrogen (secondary N) is 4. The van der Waals surface area contributed by atoms with E-state index >= 15 is 0 Å². The van der Waals surface area contributed by atoms with Gasteiger partial charge < -0.3 is 57.8 Å². The highest BCUT2D eigenvalue weighted by Crippen LogP contribution is 2.22. The Bertz CT molecular complexity index is 2500. The zero-order valence-corrected chi connectivity index (χ0v) is 47.2. The molecule has 16 nitrogen and oxygen atoms in total. The molecule has 0 aliphatic carbocycles. The first-order chi connectivity index (χ1) is 39.7. The maximum Gasteiger partial charge on any atom is 0.0701 e. The summed E-state index contributed by atoms with van der Waals surface area (Å²) in [7, 11) is 0. The van der Waals surface area contributed by atoms with Crippen LogP contribution in [-0.4, -0.2) is 224 Å². The maximum absolute atomic E-state index is 5.93. The van der Waals surface area contributed by atoms with E-state index in [1.165, 1.54) is 65.9 Å². The van der Waals surface area contributed by atoms with Crippen LogP contribution in [0.4, 0.5) is 0 Å². The van der Waals surface area contributed by atoms with Crippen LogP contribution in [0.15, 0.2) is 122 Å². The molecule has 4 aromatic carbocycles. The van der Waals surface area contributed by atoms with Gasteiger partial charge in [-0.1, -0.05) is 72.8 Å². The molecule has 0 atom stereocenters. The van der Waals surface area contributed by atoms with Crippen molar-refractivity contribution in [1.29, 1.82) is 0 Å². The molecule has 8 aromatic rings. The van der Waals surface area contributed by atoms with Gasteiger partial charge in [-0.05, 0) is 72.2 Å². The Labute approximate surface area is 473 Å². The normalized spacial score (nSPS) is 18.6. The monoisotopic (exact) mass is 1100 g/mol. The van der Waals surface area contributed by atoms with E-state index in [0.717, 1.165) is 104 Å². The van der Waals surface area contributed by atoms with Crippen molar-refractivity contribution in [1.82, 2.24) is 39.5 Å². The minimum atomic E-state index is 0.616. The van der Waals surface area contributed by atoms with Crippen LogP contribution in [0.2, 0.25) is 0 Å². The van der Waals surface area contributed by atoms with Crippen LogP contribution in [0.1, 0.15) is 22.3 Å². The van der Waals surface area contributed by atoms with Crippen molar-refractivity contribution in [2.24, 2.45) is 0 Å². The summed E-state index contributed by atoms with van der Waals surface area (Å²) < 4.78 is 47.4. The zero-order valence-electron chi connectivity index (χ0n) is 47.2. The lowest BCUT2D eigenvalue weighted by Crippen LogP contribution is -2.34. The van der Waals surface area contributed by atoms with Gasteiger partial charge in [0.2, 0.25) is 0 Å². The predicted molar refractivity (Wildman–Crippen MR) is 320 cm³/mol. The average molecular weight is 1100 g/mol. The molecular formula is C64H88N8O8. The van der Waals surface area contributed by atoms with Crippen molar-refractivity contribution < 1.29 is 37.9 Å². The predicted octanol–water partition coefficient (Wildman–Crippen LogP) is 8.24. The topological polar surface area (TPSA) is 150 Å². The van der Waals surface area contributed by atoms with E-state index in [9.17, 15) is 0 Å². The van der Waals surface area contributed by atoms with Gasteiger partial charge in [0.1, 0.15) is 0 Å². The fourth-order valence-electron chi connectivity index (χ4n) is 10.6. The third kappa shape index (κ3) is 19.4. The van der Waals surface area contributed by atoms with Crippen molar-refractivity contribution >= 4 is 43.6 Å². The van der Waals surface area contributed by atoms with Gasteiger partial charge >= 0.3 is 0 Å². The van der Waals surface area contributed by atoms with Gasteiger partial charge in [-0.2, -0.15) is 0 Å². The van der Waals surface area contributed by atoms with Crippen LogP contribution in [0.5, 0.6) is 0 Å². The van der Waals surface area contributed by atoms with Gasteiger partial charge in [-0.25, -0.2) is 0 Å². The second-order valence-corrected chi connectivity index (χ2v) is 20.7. The number of aromatic amines is 4. The molecule has 2 aliphatic rings. The summed E-state index contributed by atoms with van der Waals surface area (Å²) in [5, 5.41) is 5.23. The SMILES string of the molecule is c1ccc2c(CCN3CCOCCOCCN(CCc4c[nH]c5ccccc45)CCOCCOCC3)c[nH]c2c1.c1ccc2c(CCN3CCOCCOCCN(CCc4c[nH]c5ccccc45)CCOCCOCC3)c[nH]c2c1. The molecule has 2 fully saturated rings. The summed E-state index contributed by atoms with van der Waals surface area (Å²) in [6.45, 7) is 21.4. The van der Waals surface area contributed by atoms with Crippen molar-refractivity contribution in [2.75, 3.05) is 184 Å². The van der Waals surface area contributed by atoms with Crippen LogP contribution >= 0.6 is 0 Å². The van der Waals surface area contributed by atoms with E-state index in [1.807, 2.05) is 0 Å². The number of para-hydroxylation sites is 4. The molecule has 0 bridgehead atoms. The Morgan fingerprint density at radius 2 is 0.438 bits per heavy atom. The lowest BCUT2D eigenvalue weighted by molar-refractivity contribution is 0.00836. The maximum atomic E-state index is 5.93. The van der Waals surface area contributed by atoms with Crippen molar-refractivity contribution in [3.8, 4) is 0 Å². The molecule has 10 rings (SSSR count). The van der Waals surface area contributed by atoms with Gasteiger partial charge in [0, 0.05) is 147 Å². The number of H-pyrrole nitrogens is 4. The minimum absolute atomic E-state index is 0.616. The van der Waals surface area contributed by atoms with Crippen LogP contribution < -0.4 is 0 Å². The number of ether oxygens (including phenoxy) is 8. The van der Waals surface area contributed by atoms with Gasteiger partial charge in [0.25, 0.3) is 0 Å². The number of nitrogens with zero attached hydrogens (tertiary/aromatic N) is 4. The second kappa shape index (κ2) is 34.1. The molecule has 0 spiro atoms. The van der Waals surface area contributed by atoms with E-state index in [4.69, 9.17) is 37.9 Å². The Morgan fingerprint density at radius 1 is 0.250 bits per heavy atom. The lowest BCUT2D eigenvalue weighted by Gasteiger charge is -2.23. The third-order valence-electron chi connectivity index (χ3n) is 15.4. The average Bonchev–Trinajstić information content (AvgIpc) is 4.33. The molecule has 80 heavy (non-hydrogen) atoms. The Kier molecular flexibility index (Phi) is 25.2. The minimum Gasteiger partial charge on any atom is -0.378 e. The highest BCUT2D eigenvalue weighted by atomic mass is 16.5. The van der Waals surface area contributed by atoms with E-state index in [2.05, 4.69) is 161 Å². The Morgan fingerprint density at radius 3 is 0.637 bits per heavy atom. The van der Waals surface area contributed by atoms with E-state index in [-0.39, 0.29) is 0 Å². The molecule has 0 radical (unpaired) electrons. The largest absolute Gasteiger partial charge is 0.378 e. The molecule has 2 saturated heterocycles. The van der Waals surface area contributed by atoms with Crippen LogP contribution in [0, 0.1) is 0 Å². The van der Waals surface area contributed by atoms with Crippen LogP contribution in [-0.2, 0) is 63.6 Å². The van der Waals surface area contributed by atoms with E-state index in [1.54, 1.807) is 0 Å². The quantitative estimate of drug-likeness (QED) is 0.0934.